The van der Waals surface area contributed by atoms with Gasteiger partial charge in [0.15, 0.2) is 0 Å². The molecule has 0 radical (unpaired) electrons. The van der Waals surface area contributed by atoms with Crippen LogP contribution in [0.3, 0.4) is 0 Å². The number of aromatic nitrogens is 2. The Hall–Kier alpha value is -6.56. The normalized spacial score (nSPS) is 10.7. The Balaban J connectivity index is 1.50. The van der Waals surface area contributed by atoms with Crippen molar-refractivity contribution in [2.24, 2.45) is 0 Å². The zero-order valence-corrected chi connectivity index (χ0v) is 23.0. The second kappa shape index (κ2) is 11.7. The summed E-state index contributed by atoms with van der Waals surface area (Å²) >= 11 is 0. The number of nitro benzene ring substituents is 1. The monoisotopic (exact) mass is 584 g/mol. The van der Waals surface area contributed by atoms with Crippen LogP contribution in [0.4, 0.5) is 43.7 Å². The van der Waals surface area contributed by atoms with E-state index >= 15 is 0 Å². The number of non-ortho nitro benzene ring substituents is 1. The molecule has 4 N–H and O–H groups in total. The number of hydrogen-bond acceptors (Lipinski definition) is 7. The molecule has 0 fully saturated rings. The third kappa shape index (κ3) is 5.50. The van der Waals surface area contributed by atoms with Crippen LogP contribution in [0, 0.1) is 10.1 Å². The summed E-state index contributed by atoms with van der Waals surface area (Å²) in [7, 11) is 0. The minimum absolute atomic E-state index is 0.0484. The molecular weight excluding hydrogens is 560 g/mol. The van der Waals surface area contributed by atoms with Gasteiger partial charge in [0.1, 0.15) is 0 Å². The lowest BCUT2D eigenvalue weighted by Crippen LogP contribution is -2.54. The average Bonchev–Trinajstić information content (AvgIpc) is 3.04. The van der Waals surface area contributed by atoms with Crippen LogP contribution in [0.5, 0.6) is 0 Å². The highest BCUT2D eigenvalue weighted by molar-refractivity contribution is 6.15. The van der Waals surface area contributed by atoms with Crippen molar-refractivity contribution >= 4 is 68.0 Å². The highest BCUT2D eigenvalue weighted by Gasteiger charge is 2.31. The fraction of sp³-hybridized carbons (Fsp3) is 0. The summed E-state index contributed by atoms with van der Waals surface area (Å²) in [6.07, 6.45) is 3.11. The lowest BCUT2D eigenvalue weighted by Gasteiger charge is -2.35. The molecule has 0 aliphatic carbocycles. The number of hydrazine groups is 1. The van der Waals surface area contributed by atoms with E-state index in [1.807, 2.05) is 36.4 Å². The highest BCUT2D eigenvalue weighted by Crippen LogP contribution is 2.31. The predicted molar refractivity (Wildman–Crippen MR) is 170 cm³/mol. The minimum Gasteiger partial charge on any atom is -0.399 e. The number of nitrogens with zero attached hydrogens (tertiary/aromatic N) is 5. The first-order valence-electron chi connectivity index (χ1n) is 13.4. The molecule has 12 nitrogen and oxygen atoms in total. The molecule has 0 aliphatic rings. The number of para-hydroxylation sites is 2. The largest absolute Gasteiger partial charge is 0.399 e. The quantitative estimate of drug-likeness (QED) is 0.112. The van der Waals surface area contributed by atoms with E-state index in [4.69, 9.17) is 5.73 Å². The number of hydrogen-bond donors (Lipinski definition) is 3. The first-order chi connectivity index (χ1) is 21.4. The van der Waals surface area contributed by atoms with Gasteiger partial charge in [-0.05, 0) is 48.5 Å². The van der Waals surface area contributed by atoms with Crippen LogP contribution in [0.1, 0.15) is 0 Å². The van der Waals surface area contributed by atoms with Crippen LogP contribution in [-0.4, -0.2) is 27.0 Å². The molecule has 6 aromatic rings. The summed E-state index contributed by atoms with van der Waals surface area (Å²) in [5.41, 5.74) is 8.58. The number of pyridine rings is 2. The van der Waals surface area contributed by atoms with Gasteiger partial charge in [-0.3, -0.25) is 20.1 Å². The van der Waals surface area contributed by atoms with Gasteiger partial charge in [0.05, 0.1) is 38.7 Å². The molecule has 0 saturated carbocycles. The number of benzene rings is 4. The Kier molecular flexibility index (Phi) is 7.36. The van der Waals surface area contributed by atoms with Crippen molar-refractivity contribution in [2.75, 3.05) is 26.4 Å². The molecule has 0 bridgehead atoms. The van der Waals surface area contributed by atoms with E-state index in [1.54, 1.807) is 54.9 Å². The Morgan fingerprint density at radius 1 is 0.659 bits per heavy atom. The van der Waals surface area contributed by atoms with Crippen LogP contribution in [0.25, 0.3) is 21.8 Å². The average molecular weight is 585 g/mol. The van der Waals surface area contributed by atoms with E-state index in [0.29, 0.717) is 38.9 Å². The van der Waals surface area contributed by atoms with Gasteiger partial charge in [0, 0.05) is 41.0 Å². The number of nitrogens with one attached hydrogen (secondary N) is 2. The number of nitro groups is 1. The molecule has 0 saturated heterocycles. The summed E-state index contributed by atoms with van der Waals surface area (Å²) in [6.45, 7) is 0. The van der Waals surface area contributed by atoms with Crippen LogP contribution in [0.2, 0.25) is 0 Å². The van der Waals surface area contributed by atoms with Gasteiger partial charge in [-0.1, -0.05) is 48.5 Å². The lowest BCUT2D eigenvalue weighted by atomic mass is 10.2. The zero-order chi connectivity index (χ0) is 30.6. The van der Waals surface area contributed by atoms with E-state index in [1.165, 1.54) is 30.3 Å². The highest BCUT2D eigenvalue weighted by atomic mass is 16.6. The molecule has 0 spiro atoms. The molecule has 2 heterocycles. The van der Waals surface area contributed by atoms with Gasteiger partial charge < -0.3 is 16.4 Å². The zero-order valence-electron chi connectivity index (χ0n) is 23.0. The molecule has 6 rings (SSSR count). The summed E-state index contributed by atoms with van der Waals surface area (Å²) < 4.78 is 0. The summed E-state index contributed by atoms with van der Waals surface area (Å²) in [6, 6.07) is 28.0. The number of anilines is 5. The van der Waals surface area contributed by atoms with E-state index in [9.17, 15) is 19.7 Å². The third-order valence-electron chi connectivity index (χ3n) is 6.77. The van der Waals surface area contributed by atoms with Gasteiger partial charge in [-0.15, -0.1) is 0 Å². The van der Waals surface area contributed by atoms with E-state index in [-0.39, 0.29) is 17.1 Å². The van der Waals surface area contributed by atoms with Crippen molar-refractivity contribution in [2.45, 2.75) is 0 Å². The topological polar surface area (TPSA) is 160 Å². The standard InChI is InChI=1S/C32H24N8O4/c33-21-7-5-8-22(19-21)38(31(41)36-29-15-17-34-27-13-3-1-11-25(27)29)39(23-9-6-10-24(20-23)40(43)44)32(42)37-30-16-18-35-28-14-4-2-12-26(28)30/h1-20H,33H2,(H,34,36,41)(H,35,37,42). The number of carbonyl (C=O) groups excluding carboxylic acids is 2. The second-order valence-electron chi connectivity index (χ2n) is 9.61. The maximum Gasteiger partial charge on any atom is 0.345 e. The molecule has 216 valence electrons. The fourth-order valence-electron chi connectivity index (χ4n) is 4.79. The summed E-state index contributed by atoms with van der Waals surface area (Å²) in [4.78, 5) is 48.4. The molecule has 4 aromatic carbocycles. The van der Waals surface area contributed by atoms with Crippen molar-refractivity contribution in [3.63, 3.8) is 0 Å². The van der Waals surface area contributed by atoms with Gasteiger partial charge in [0.2, 0.25) is 0 Å². The smallest absolute Gasteiger partial charge is 0.345 e. The van der Waals surface area contributed by atoms with Gasteiger partial charge in [-0.2, -0.15) is 10.0 Å². The Bertz CT molecular complexity index is 2040. The molecule has 4 amide bonds. The lowest BCUT2D eigenvalue weighted by molar-refractivity contribution is -0.384. The van der Waals surface area contributed by atoms with Gasteiger partial charge in [-0.25, -0.2) is 9.59 Å². The maximum atomic E-state index is 14.3. The van der Waals surface area contributed by atoms with E-state index < -0.39 is 17.0 Å². The maximum absolute atomic E-state index is 14.3. The van der Waals surface area contributed by atoms with Crippen molar-refractivity contribution in [1.82, 2.24) is 9.97 Å². The molecule has 2 aromatic heterocycles. The van der Waals surface area contributed by atoms with Crippen LogP contribution < -0.4 is 26.4 Å². The van der Waals surface area contributed by atoms with E-state index in [2.05, 4.69) is 20.6 Å². The molecule has 12 heteroatoms. The summed E-state index contributed by atoms with van der Waals surface area (Å²) in [5.74, 6) is 0. The number of fused-ring (bicyclic) bond motifs is 2. The predicted octanol–water partition coefficient (Wildman–Crippen LogP) is 6.97. The molecule has 0 unspecified atom stereocenters. The van der Waals surface area contributed by atoms with Crippen LogP contribution in [-0.2, 0) is 0 Å². The Labute approximate surface area is 250 Å². The third-order valence-corrected chi connectivity index (χ3v) is 6.77. The van der Waals surface area contributed by atoms with Gasteiger partial charge in [0.25, 0.3) is 5.69 Å². The SMILES string of the molecule is Nc1cccc(N(C(=O)Nc2ccnc3ccccc23)N(C(=O)Nc2ccnc3ccccc23)c2cccc([N+](=O)[O-])c2)c1. The number of rotatable bonds is 5. The number of amides is 4. The van der Waals surface area contributed by atoms with Gasteiger partial charge >= 0.3 is 12.1 Å². The van der Waals surface area contributed by atoms with Crippen molar-refractivity contribution < 1.29 is 14.5 Å². The Morgan fingerprint density at radius 2 is 1.16 bits per heavy atom. The molecule has 0 aliphatic heterocycles. The van der Waals surface area contributed by atoms with Crippen molar-refractivity contribution in [3.8, 4) is 0 Å². The summed E-state index contributed by atoms with van der Waals surface area (Å²) in [5, 5.41) is 20.9. The molecule has 44 heavy (non-hydrogen) atoms. The first-order valence-corrected chi connectivity index (χ1v) is 13.4. The van der Waals surface area contributed by atoms with Crippen LogP contribution in [0.15, 0.2) is 122 Å². The second-order valence-corrected chi connectivity index (χ2v) is 9.61. The Morgan fingerprint density at radius 3 is 1.68 bits per heavy atom. The number of nitrogen functional groups attached to an aromatic ring is 1. The first kappa shape index (κ1) is 27.6. The number of nitrogens with two attached hydrogens (primary N) is 1. The van der Waals surface area contributed by atoms with Crippen molar-refractivity contribution in [1.29, 1.82) is 0 Å². The van der Waals surface area contributed by atoms with Crippen LogP contribution >= 0.6 is 0 Å². The minimum atomic E-state index is -0.779. The number of carbonyl (C=O) groups is 2. The van der Waals surface area contributed by atoms with Crippen molar-refractivity contribution in [3.05, 3.63) is 132 Å². The van der Waals surface area contributed by atoms with E-state index in [0.717, 1.165) is 10.0 Å². The number of urea groups is 2. The molecule has 0 atom stereocenters. The fourth-order valence-corrected chi connectivity index (χ4v) is 4.79. The molecular formula is C32H24N8O4.